The molecule has 0 fully saturated rings. The Labute approximate surface area is 75.2 Å². The molecular weight excluding hydrogens is 154 g/mol. The van der Waals surface area contributed by atoms with E-state index < -0.39 is 0 Å². The molecule has 2 unspecified atom stereocenters. The van der Waals surface area contributed by atoms with Crippen molar-refractivity contribution >= 4 is 6.47 Å². The molecule has 0 rings (SSSR count). The van der Waals surface area contributed by atoms with Gasteiger partial charge in [-0.3, -0.25) is 4.79 Å². The molecule has 3 nitrogen and oxygen atoms in total. The second-order valence-electron chi connectivity index (χ2n) is 2.89. The molecule has 3 heteroatoms. The van der Waals surface area contributed by atoms with Crippen molar-refractivity contribution in [2.75, 3.05) is 0 Å². The lowest BCUT2D eigenvalue weighted by Gasteiger charge is -2.16. The van der Waals surface area contributed by atoms with Crippen LogP contribution in [0.5, 0.6) is 0 Å². The Morgan fingerprint density at radius 2 is 1.50 bits per heavy atom. The van der Waals surface area contributed by atoms with Crippen molar-refractivity contribution in [3.63, 3.8) is 0 Å². The lowest BCUT2D eigenvalue weighted by Crippen LogP contribution is -2.33. The molecule has 0 radical (unpaired) electrons. The highest BCUT2D eigenvalue weighted by Crippen LogP contribution is 1.93. The van der Waals surface area contributed by atoms with Gasteiger partial charge in [0, 0.05) is 12.1 Å². The molecule has 0 aliphatic heterocycles. The SMILES string of the molecule is CCC(C)NC(C)CC.O=CO. The van der Waals surface area contributed by atoms with Crippen molar-refractivity contribution < 1.29 is 9.90 Å². The average molecular weight is 175 g/mol. The summed E-state index contributed by atoms with van der Waals surface area (Å²) in [6.45, 7) is 8.62. The summed E-state index contributed by atoms with van der Waals surface area (Å²) in [5.74, 6) is 0. The predicted molar refractivity (Wildman–Crippen MR) is 51.3 cm³/mol. The van der Waals surface area contributed by atoms with Crippen LogP contribution in [0.4, 0.5) is 0 Å². The van der Waals surface area contributed by atoms with E-state index in [1.54, 1.807) is 0 Å². The maximum absolute atomic E-state index is 8.36. The average Bonchev–Trinajstić information content (AvgIpc) is 2.05. The summed E-state index contributed by atoms with van der Waals surface area (Å²) < 4.78 is 0. The van der Waals surface area contributed by atoms with Gasteiger partial charge in [-0.25, -0.2) is 0 Å². The van der Waals surface area contributed by atoms with Crippen molar-refractivity contribution in [2.24, 2.45) is 0 Å². The van der Waals surface area contributed by atoms with Crippen LogP contribution in [0.25, 0.3) is 0 Å². The Morgan fingerprint density at radius 1 is 1.25 bits per heavy atom. The van der Waals surface area contributed by atoms with Crippen LogP contribution in [-0.4, -0.2) is 23.7 Å². The second kappa shape index (κ2) is 10.4. The van der Waals surface area contributed by atoms with Crippen molar-refractivity contribution in [3.8, 4) is 0 Å². The van der Waals surface area contributed by atoms with E-state index in [0.717, 1.165) is 0 Å². The van der Waals surface area contributed by atoms with Gasteiger partial charge < -0.3 is 10.4 Å². The third-order valence-electron chi connectivity index (χ3n) is 1.79. The van der Waals surface area contributed by atoms with Gasteiger partial charge in [0.25, 0.3) is 6.47 Å². The van der Waals surface area contributed by atoms with Crippen molar-refractivity contribution in [1.82, 2.24) is 5.32 Å². The van der Waals surface area contributed by atoms with Gasteiger partial charge in [0.15, 0.2) is 0 Å². The van der Waals surface area contributed by atoms with E-state index in [9.17, 15) is 0 Å². The number of carboxylic acid groups (broad SMARTS) is 1. The van der Waals surface area contributed by atoms with Crippen LogP contribution in [-0.2, 0) is 4.79 Å². The van der Waals surface area contributed by atoms with E-state index in [1.807, 2.05) is 0 Å². The Balaban J connectivity index is 0. The first kappa shape index (κ1) is 14.0. The molecule has 0 amide bonds. The van der Waals surface area contributed by atoms with Crippen LogP contribution in [0.3, 0.4) is 0 Å². The minimum atomic E-state index is -0.250. The minimum absolute atomic E-state index is 0.250. The highest BCUT2D eigenvalue weighted by molar-refractivity contribution is 5.32. The standard InChI is InChI=1S/C8H19N.CH2O2/c1-5-7(3)9-8(4)6-2;2-1-3/h7-9H,5-6H2,1-4H3;1H,(H,2,3). The molecular formula is C9H21NO2. The fraction of sp³-hybridized carbons (Fsp3) is 0.889. The second-order valence-corrected chi connectivity index (χ2v) is 2.89. The van der Waals surface area contributed by atoms with E-state index >= 15 is 0 Å². The third-order valence-corrected chi connectivity index (χ3v) is 1.79. The minimum Gasteiger partial charge on any atom is -0.483 e. The van der Waals surface area contributed by atoms with Crippen LogP contribution < -0.4 is 5.32 Å². The summed E-state index contributed by atoms with van der Waals surface area (Å²) >= 11 is 0. The third kappa shape index (κ3) is 12.1. The van der Waals surface area contributed by atoms with Crippen molar-refractivity contribution in [1.29, 1.82) is 0 Å². The van der Waals surface area contributed by atoms with Gasteiger partial charge in [0.05, 0.1) is 0 Å². The first-order valence-corrected chi connectivity index (χ1v) is 4.46. The highest BCUT2D eigenvalue weighted by Gasteiger charge is 2.00. The van der Waals surface area contributed by atoms with E-state index in [-0.39, 0.29) is 6.47 Å². The molecule has 0 bridgehead atoms. The Hall–Kier alpha value is -0.570. The Kier molecular flexibility index (Phi) is 12.2. The topological polar surface area (TPSA) is 49.3 Å². The molecule has 0 saturated heterocycles. The fourth-order valence-corrected chi connectivity index (χ4v) is 0.721. The zero-order valence-corrected chi connectivity index (χ0v) is 8.50. The van der Waals surface area contributed by atoms with Gasteiger partial charge in [0.1, 0.15) is 0 Å². The summed E-state index contributed by atoms with van der Waals surface area (Å²) in [7, 11) is 0. The largest absolute Gasteiger partial charge is 0.483 e. The van der Waals surface area contributed by atoms with E-state index in [1.165, 1.54) is 12.8 Å². The van der Waals surface area contributed by atoms with E-state index in [2.05, 4.69) is 33.0 Å². The zero-order chi connectivity index (χ0) is 9.98. The fourth-order valence-electron chi connectivity index (χ4n) is 0.721. The zero-order valence-electron chi connectivity index (χ0n) is 8.50. The van der Waals surface area contributed by atoms with E-state index in [4.69, 9.17) is 9.90 Å². The van der Waals surface area contributed by atoms with Crippen LogP contribution in [0, 0.1) is 0 Å². The number of nitrogens with one attached hydrogen (secondary N) is 1. The molecule has 2 N–H and O–H groups in total. The highest BCUT2D eigenvalue weighted by atomic mass is 16.3. The summed E-state index contributed by atoms with van der Waals surface area (Å²) in [6.07, 6.45) is 2.45. The number of hydrogen-bond acceptors (Lipinski definition) is 2. The molecule has 0 spiro atoms. The summed E-state index contributed by atoms with van der Waals surface area (Å²) in [4.78, 5) is 8.36. The van der Waals surface area contributed by atoms with Gasteiger partial charge in [-0.2, -0.15) is 0 Å². The molecule has 2 atom stereocenters. The smallest absolute Gasteiger partial charge is 0.290 e. The lowest BCUT2D eigenvalue weighted by molar-refractivity contribution is -0.122. The molecule has 0 aromatic heterocycles. The maximum atomic E-state index is 8.36. The molecule has 74 valence electrons. The summed E-state index contributed by atoms with van der Waals surface area (Å²) in [5, 5.41) is 10.4. The first-order chi connectivity index (χ1) is 5.62. The molecule has 0 saturated carbocycles. The quantitative estimate of drug-likeness (QED) is 0.641. The van der Waals surface area contributed by atoms with Crippen molar-refractivity contribution in [2.45, 2.75) is 52.6 Å². The normalized spacial score (nSPS) is 14.0. The monoisotopic (exact) mass is 175 g/mol. The van der Waals surface area contributed by atoms with Gasteiger partial charge in [-0.15, -0.1) is 0 Å². The predicted octanol–water partition coefficient (Wildman–Crippen LogP) is 1.87. The van der Waals surface area contributed by atoms with Crippen molar-refractivity contribution in [3.05, 3.63) is 0 Å². The Morgan fingerprint density at radius 3 is 1.67 bits per heavy atom. The van der Waals surface area contributed by atoms with Crippen LogP contribution >= 0.6 is 0 Å². The molecule has 0 aromatic carbocycles. The molecule has 0 aliphatic rings. The van der Waals surface area contributed by atoms with Crippen LogP contribution in [0.2, 0.25) is 0 Å². The van der Waals surface area contributed by atoms with Gasteiger partial charge >= 0.3 is 0 Å². The number of carbonyl (C=O) groups is 1. The van der Waals surface area contributed by atoms with Gasteiger partial charge in [0.2, 0.25) is 0 Å². The molecule has 12 heavy (non-hydrogen) atoms. The number of hydrogen-bond donors (Lipinski definition) is 2. The molecule has 0 aromatic rings. The summed E-state index contributed by atoms with van der Waals surface area (Å²) in [6, 6.07) is 1.36. The van der Waals surface area contributed by atoms with Crippen LogP contribution in [0.1, 0.15) is 40.5 Å². The maximum Gasteiger partial charge on any atom is 0.290 e. The van der Waals surface area contributed by atoms with Gasteiger partial charge in [-0.05, 0) is 26.7 Å². The molecule has 0 aliphatic carbocycles. The van der Waals surface area contributed by atoms with Crippen LogP contribution in [0.15, 0.2) is 0 Å². The lowest BCUT2D eigenvalue weighted by atomic mass is 10.2. The van der Waals surface area contributed by atoms with Gasteiger partial charge in [-0.1, -0.05) is 13.8 Å². The molecule has 0 heterocycles. The number of rotatable bonds is 4. The summed E-state index contributed by atoms with van der Waals surface area (Å²) in [5.41, 5.74) is 0. The van der Waals surface area contributed by atoms with E-state index in [0.29, 0.717) is 12.1 Å². The first-order valence-electron chi connectivity index (χ1n) is 4.46. The Bertz CT molecular complexity index is 88.5.